The van der Waals surface area contributed by atoms with Crippen molar-refractivity contribution in [1.82, 2.24) is 25.2 Å². The van der Waals surface area contributed by atoms with E-state index in [9.17, 15) is 8.78 Å². The predicted octanol–water partition coefficient (Wildman–Crippen LogP) is 4.41. The van der Waals surface area contributed by atoms with E-state index >= 15 is 0 Å². The van der Waals surface area contributed by atoms with Crippen molar-refractivity contribution in [3.8, 4) is 11.4 Å². The van der Waals surface area contributed by atoms with Gasteiger partial charge in [-0.05, 0) is 59.3 Å². The Morgan fingerprint density at radius 1 is 1.11 bits per heavy atom. The second kappa shape index (κ2) is 7.89. The molecule has 0 atom stereocenters. The first kappa shape index (κ1) is 18.3. The number of fused-ring (bicyclic) bond motifs is 1. The van der Waals surface area contributed by atoms with E-state index in [1.807, 2.05) is 30.3 Å². The Hall–Kier alpha value is -3.07. The third-order valence-corrected chi connectivity index (χ3v) is 5.00. The van der Waals surface area contributed by atoms with Gasteiger partial charge in [-0.25, -0.2) is 4.98 Å². The maximum absolute atomic E-state index is 12.3. The van der Waals surface area contributed by atoms with Crippen LogP contribution >= 0.6 is 11.8 Å². The van der Waals surface area contributed by atoms with Crippen molar-refractivity contribution in [1.29, 1.82) is 0 Å². The molecular formula is C19H15F2N5OS. The Bertz CT molecular complexity index is 1100. The third-order valence-electron chi connectivity index (χ3n) is 4.09. The lowest BCUT2D eigenvalue weighted by atomic mass is 10.1. The number of halogens is 2. The molecule has 0 saturated heterocycles. The summed E-state index contributed by atoms with van der Waals surface area (Å²) in [5.74, 6) is 1.21. The first-order chi connectivity index (χ1) is 13.6. The van der Waals surface area contributed by atoms with E-state index in [4.69, 9.17) is 0 Å². The fourth-order valence-electron chi connectivity index (χ4n) is 2.80. The van der Waals surface area contributed by atoms with Crippen LogP contribution in [0.5, 0.6) is 5.75 Å². The van der Waals surface area contributed by atoms with Crippen molar-refractivity contribution in [2.24, 2.45) is 0 Å². The van der Waals surface area contributed by atoms with Crippen molar-refractivity contribution in [3.05, 3.63) is 66.0 Å². The maximum atomic E-state index is 12.3. The normalized spacial score (nSPS) is 11.3. The van der Waals surface area contributed by atoms with Crippen LogP contribution < -0.4 is 4.74 Å². The van der Waals surface area contributed by atoms with Crippen molar-refractivity contribution in [2.75, 3.05) is 0 Å². The number of aryl methyl sites for hydroxylation is 1. The van der Waals surface area contributed by atoms with Gasteiger partial charge < -0.3 is 4.74 Å². The molecule has 2 aromatic carbocycles. The van der Waals surface area contributed by atoms with Gasteiger partial charge in [0.25, 0.3) is 0 Å². The van der Waals surface area contributed by atoms with Crippen LogP contribution in [-0.4, -0.2) is 31.8 Å². The molecule has 2 aromatic heterocycles. The summed E-state index contributed by atoms with van der Waals surface area (Å²) in [7, 11) is 0. The standard InChI is InChI=1S/C19H15F2N5OS/c1-12-10-18(22-16-5-3-2-4-15(12)16)28-11-17-23-24-25-26(17)13-6-8-14(9-7-13)27-19(20)21/h2-10,19H,11H2,1H3. The van der Waals surface area contributed by atoms with Gasteiger partial charge in [0.2, 0.25) is 0 Å². The van der Waals surface area contributed by atoms with Crippen LogP contribution in [0.3, 0.4) is 0 Å². The molecule has 0 bridgehead atoms. The highest BCUT2D eigenvalue weighted by Gasteiger charge is 2.11. The zero-order chi connectivity index (χ0) is 19.5. The second-order valence-electron chi connectivity index (χ2n) is 5.96. The molecule has 0 N–H and O–H groups in total. The number of alkyl halides is 2. The van der Waals surface area contributed by atoms with E-state index in [1.165, 1.54) is 23.9 Å². The fraction of sp³-hybridized carbons (Fsp3) is 0.158. The monoisotopic (exact) mass is 399 g/mol. The summed E-state index contributed by atoms with van der Waals surface area (Å²) in [6.45, 7) is -0.801. The molecule has 0 aliphatic rings. The number of benzene rings is 2. The first-order valence-electron chi connectivity index (χ1n) is 8.42. The summed E-state index contributed by atoms with van der Waals surface area (Å²) in [5.41, 5.74) is 2.76. The van der Waals surface area contributed by atoms with Gasteiger partial charge in [-0.2, -0.15) is 13.5 Å². The minimum absolute atomic E-state index is 0.0820. The Labute approximate surface area is 163 Å². The minimum atomic E-state index is -2.86. The number of para-hydroxylation sites is 1. The number of hydrogen-bond donors (Lipinski definition) is 0. The summed E-state index contributed by atoms with van der Waals surface area (Å²) in [5, 5.41) is 13.8. The minimum Gasteiger partial charge on any atom is -0.435 e. The highest BCUT2D eigenvalue weighted by Crippen LogP contribution is 2.26. The van der Waals surface area contributed by atoms with Gasteiger partial charge in [-0.3, -0.25) is 0 Å². The Kier molecular flexibility index (Phi) is 5.16. The van der Waals surface area contributed by atoms with Gasteiger partial charge >= 0.3 is 6.61 Å². The molecule has 4 rings (SSSR count). The van der Waals surface area contributed by atoms with Crippen molar-refractivity contribution < 1.29 is 13.5 Å². The molecule has 0 radical (unpaired) electrons. The van der Waals surface area contributed by atoms with Crippen LogP contribution in [-0.2, 0) is 5.75 Å². The van der Waals surface area contributed by atoms with E-state index < -0.39 is 6.61 Å². The lowest BCUT2D eigenvalue weighted by Crippen LogP contribution is -2.04. The van der Waals surface area contributed by atoms with E-state index in [-0.39, 0.29) is 5.75 Å². The molecule has 0 amide bonds. The summed E-state index contributed by atoms with van der Waals surface area (Å²) >= 11 is 1.53. The number of hydrogen-bond acceptors (Lipinski definition) is 6. The second-order valence-corrected chi connectivity index (χ2v) is 6.96. The fourth-order valence-corrected chi connectivity index (χ4v) is 3.68. The molecular weight excluding hydrogens is 384 g/mol. The number of thioether (sulfide) groups is 1. The number of rotatable bonds is 6. The van der Waals surface area contributed by atoms with Gasteiger partial charge in [0, 0.05) is 5.39 Å². The maximum Gasteiger partial charge on any atom is 0.387 e. The highest BCUT2D eigenvalue weighted by atomic mass is 32.2. The quantitative estimate of drug-likeness (QED) is 0.448. The van der Waals surface area contributed by atoms with Crippen LogP contribution in [0.4, 0.5) is 8.78 Å². The summed E-state index contributed by atoms with van der Waals surface area (Å²) in [6, 6.07) is 16.2. The van der Waals surface area contributed by atoms with Crippen molar-refractivity contribution in [2.45, 2.75) is 24.3 Å². The van der Waals surface area contributed by atoms with E-state index in [1.54, 1.807) is 16.8 Å². The average Bonchev–Trinajstić information content (AvgIpc) is 3.15. The smallest absolute Gasteiger partial charge is 0.387 e. The molecule has 6 nitrogen and oxygen atoms in total. The van der Waals surface area contributed by atoms with Gasteiger partial charge in [0.05, 0.1) is 22.0 Å². The zero-order valence-electron chi connectivity index (χ0n) is 14.8. The number of nitrogens with zero attached hydrogens (tertiary/aromatic N) is 5. The molecule has 9 heteroatoms. The summed E-state index contributed by atoms with van der Waals surface area (Å²) in [6.07, 6.45) is 0. The molecule has 0 spiro atoms. The van der Waals surface area contributed by atoms with Crippen LogP contribution in [0.15, 0.2) is 59.6 Å². The average molecular weight is 399 g/mol. The third kappa shape index (κ3) is 3.94. The molecule has 0 unspecified atom stereocenters. The van der Waals surface area contributed by atoms with Gasteiger partial charge in [-0.15, -0.1) is 5.10 Å². The van der Waals surface area contributed by atoms with E-state index in [2.05, 4.69) is 32.2 Å². The summed E-state index contributed by atoms with van der Waals surface area (Å²) < 4.78 is 30.5. The lowest BCUT2D eigenvalue weighted by molar-refractivity contribution is -0.0498. The van der Waals surface area contributed by atoms with Gasteiger partial charge in [0.15, 0.2) is 5.82 Å². The van der Waals surface area contributed by atoms with Crippen LogP contribution in [0.25, 0.3) is 16.6 Å². The highest BCUT2D eigenvalue weighted by molar-refractivity contribution is 7.98. The topological polar surface area (TPSA) is 65.7 Å². The summed E-state index contributed by atoms with van der Waals surface area (Å²) in [4.78, 5) is 4.67. The molecule has 0 aliphatic carbocycles. The number of tetrazole rings is 1. The largest absolute Gasteiger partial charge is 0.435 e. The molecule has 0 aliphatic heterocycles. The molecule has 0 fully saturated rings. The number of pyridine rings is 1. The van der Waals surface area contributed by atoms with Gasteiger partial charge in [-0.1, -0.05) is 30.0 Å². The van der Waals surface area contributed by atoms with Gasteiger partial charge in [0.1, 0.15) is 5.75 Å². The Balaban J connectivity index is 1.52. The van der Waals surface area contributed by atoms with Crippen molar-refractivity contribution >= 4 is 22.7 Å². The number of ether oxygens (including phenoxy) is 1. The molecule has 142 valence electrons. The molecule has 2 heterocycles. The lowest BCUT2D eigenvalue weighted by Gasteiger charge is -2.08. The van der Waals surface area contributed by atoms with Crippen LogP contribution in [0.2, 0.25) is 0 Å². The predicted molar refractivity (Wildman–Crippen MR) is 102 cm³/mol. The molecule has 28 heavy (non-hydrogen) atoms. The number of aromatic nitrogens is 5. The van der Waals surface area contributed by atoms with Crippen molar-refractivity contribution in [3.63, 3.8) is 0 Å². The molecule has 0 saturated carbocycles. The van der Waals surface area contributed by atoms with Crippen LogP contribution in [0.1, 0.15) is 11.4 Å². The van der Waals surface area contributed by atoms with Crippen LogP contribution in [0, 0.1) is 6.92 Å². The van der Waals surface area contributed by atoms with E-state index in [0.717, 1.165) is 21.5 Å². The first-order valence-corrected chi connectivity index (χ1v) is 9.40. The Morgan fingerprint density at radius 3 is 2.68 bits per heavy atom. The SMILES string of the molecule is Cc1cc(SCc2nnnn2-c2ccc(OC(F)F)cc2)nc2ccccc12. The zero-order valence-corrected chi connectivity index (χ0v) is 15.6. The molecule has 4 aromatic rings. The van der Waals surface area contributed by atoms with E-state index in [0.29, 0.717) is 17.3 Å². The Morgan fingerprint density at radius 2 is 1.89 bits per heavy atom.